The SMILES string of the molecule is CCCCCCCC(=O)N[C@@H](Nc1ccc(Cl)cc1)C(Cl)(Cl)Cl. The molecule has 0 aliphatic heterocycles. The van der Waals surface area contributed by atoms with Gasteiger partial charge in [-0.2, -0.15) is 0 Å². The first-order valence-corrected chi connectivity index (χ1v) is 9.22. The Bertz CT molecular complexity index is 474. The van der Waals surface area contributed by atoms with Gasteiger partial charge in [-0.1, -0.05) is 79.0 Å². The van der Waals surface area contributed by atoms with Crippen LogP contribution < -0.4 is 10.6 Å². The number of hydrogen-bond acceptors (Lipinski definition) is 2. The molecule has 0 bridgehead atoms. The molecule has 0 aliphatic rings. The molecule has 0 heterocycles. The van der Waals surface area contributed by atoms with Gasteiger partial charge in [0.1, 0.15) is 6.17 Å². The molecule has 0 unspecified atom stereocenters. The van der Waals surface area contributed by atoms with Gasteiger partial charge in [-0.15, -0.1) is 0 Å². The van der Waals surface area contributed by atoms with Crippen LogP contribution in [0.5, 0.6) is 0 Å². The summed E-state index contributed by atoms with van der Waals surface area (Å²) in [6.45, 7) is 2.15. The average molecular weight is 400 g/mol. The Morgan fingerprint density at radius 3 is 2.26 bits per heavy atom. The highest BCUT2D eigenvalue weighted by Gasteiger charge is 2.33. The predicted molar refractivity (Wildman–Crippen MR) is 101 cm³/mol. The predicted octanol–water partition coefficient (Wildman–Crippen LogP) is 5.92. The van der Waals surface area contributed by atoms with E-state index in [1.165, 1.54) is 12.8 Å². The van der Waals surface area contributed by atoms with E-state index in [9.17, 15) is 4.79 Å². The fourth-order valence-electron chi connectivity index (χ4n) is 2.03. The minimum absolute atomic E-state index is 0.140. The minimum atomic E-state index is -1.67. The molecule has 0 aliphatic carbocycles. The second kappa shape index (κ2) is 10.5. The molecule has 7 heteroatoms. The molecule has 0 spiro atoms. The Morgan fingerprint density at radius 2 is 1.70 bits per heavy atom. The zero-order chi connectivity index (χ0) is 17.3. The van der Waals surface area contributed by atoms with Crippen LogP contribution in [0.15, 0.2) is 24.3 Å². The van der Waals surface area contributed by atoms with E-state index in [0.29, 0.717) is 17.1 Å². The molecule has 1 aromatic rings. The number of carbonyl (C=O) groups is 1. The molecule has 1 amide bonds. The standard InChI is InChI=1S/C16H22Cl4N2O/c1-2-3-4-5-6-7-14(23)22-15(16(18,19)20)21-13-10-8-12(17)9-11-13/h8-11,15,21H,2-7H2,1H3,(H,22,23)/t15-/m1/s1. The minimum Gasteiger partial charge on any atom is -0.362 e. The highest BCUT2D eigenvalue weighted by molar-refractivity contribution is 6.68. The maximum atomic E-state index is 12.0. The number of anilines is 1. The molecule has 0 aromatic heterocycles. The van der Waals surface area contributed by atoms with Crippen LogP contribution in [0.25, 0.3) is 0 Å². The number of alkyl halides is 3. The third-order valence-corrected chi connectivity index (χ3v) is 4.20. The highest BCUT2D eigenvalue weighted by Crippen LogP contribution is 2.31. The van der Waals surface area contributed by atoms with Gasteiger partial charge in [0.05, 0.1) is 0 Å². The van der Waals surface area contributed by atoms with E-state index in [1.807, 2.05) is 0 Å². The Labute approximate surface area is 158 Å². The van der Waals surface area contributed by atoms with Crippen LogP contribution >= 0.6 is 46.4 Å². The van der Waals surface area contributed by atoms with Crippen molar-refractivity contribution in [3.63, 3.8) is 0 Å². The van der Waals surface area contributed by atoms with E-state index >= 15 is 0 Å². The monoisotopic (exact) mass is 398 g/mol. The summed E-state index contributed by atoms with van der Waals surface area (Å²) in [7, 11) is 0. The molecule has 1 aromatic carbocycles. The van der Waals surface area contributed by atoms with Gasteiger partial charge >= 0.3 is 0 Å². The van der Waals surface area contributed by atoms with Crippen molar-refractivity contribution in [2.75, 3.05) is 5.32 Å². The zero-order valence-corrected chi connectivity index (χ0v) is 16.1. The molecule has 2 N–H and O–H groups in total. The number of halogens is 4. The Kier molecular flexibility index (Phi) is 9.45. The fraction of sp³-hybridized carbons (Fsp3) is 0.562. The molecule has 23 heavy (non-hydrogen) atoms. The first-order chi connectivity index (χ1) is 10.8. The van der Waals surface area contributed by atoms with Crippen molar-refractivity contribution in [3.8, 4) is 0 Å². The molecule has 1 rings (SSSR count). The van der Waals surface area contributed by atoms with Crippen LogP contribution in [0.1, 0.15) is 45.4 Å². The van der Waals surface area contributed by atoms with Crippen LogP contribution in [-0.2, 0) is 4.79 Å². The molecule has 0 radical (unpaired) electrons. The lowest BCUT2D eigenvalue weighted by atomic mass is 10.1. The van der Waals surface area contributed by atoms with Gasteiger partial charge in [0.15, 0.2) is 0 Å². The fourth-order valence-corrected chi connectivity index (χ4v) is 2.49. The van der Waals surface area contributed by atoms with E-state index in [0.717, 1.165) is 19.3 Å². The molecule has 0 saturated carbocycles. The van der Waals surface area contributed by atoms with Crippen molar-refractivity contribution < 1.29 is 4.79 Å². The molecule has 1 atom stereocenters. The van der Waals surface area contributed by atoms with E-state index in [-0.39, 0.29) is 5.91 Å². The first-order valence-electron chi connectivity index (χ1n) is 7.71. The molecule has 3 nitrogen and oxygen atoms in total. The second-order valence-electron chi connectivity index (χ2n) is 5.36. The largest absolute Gasteiger partial charge is 0.362 e. The quantitative estimate of drug-likeness (QED) is 0.307. The number of hydrogen-bond donors (Lipinski definition) is 2. The van der Waals surface area contributed by atoms with Crippen molar-refractivity contribution >= 4 is 58.0 Å². The van der Waals surface area contributed by atoms with Gasteiger partial charge < -0.3 is 10.6 Å². The molecular formula is C16H22Cl4N2O. The van der Waals surface area contributed by atoms with Gasteiger partial charge in [-0.25, -0.2) is 0 Å². The van der Waals surface area contributed by atoms with Crippen molar-refractivity contribution in [2.45, 2.75) is 55.4 Å². The maximum absolute atomic E-state index is 12.0. The Morgan fingerprint density at radius 1 is 1.09 bits per heavy atom. The summed E-state index contributed by atoms with van der Waals surface area (Å²) < 4.78 is -1.67. The number of benzene rings is 1. The lowest BCUT2D eigenvalue weighted by Crippen LogP contribution is -2.49. The number of unbranched alkanes of at least 4 members (excludes halogenated alkanes) is 4. The number of nitrogens with one attached hydrogen (secondary N) is 2. The van der Waals surface area contributed by atoms with Gasteiger partial charge in [0.2, 0.25) is 9.70 Å². The van der Waals surface area contributed by atoms with Crippen molar-refractivity contribution in [1.29, 1.82) is 0 Å². The average Bonchev–Trinajstić information content (AvgIpc) is 2.47. The lowest BCUT2D eigenvalue weighted by molar-refractivity contribution is -0.121. The second-order valence-corrected chi connectivity index (χ2v) is 8.16. The summed E-state index contributed by atoms with van der Waals surface area (Å²) in [6.07, 6.45) is 4.97. The zero-order valence-electron chi connectivity index (χ0n) is 13.0. The number of amides is 1. The normalized spacial score (nSPS) is 12.7. The van der Waals surface area contributed by atoms with Crippen LogP contribution in [0.4, 0.5) is 5.69 Å². The molecule has 0 fully saturated rings. The van der Waals surface area contributed by atoms with Crippen molar-refractivity contribution in [2.24, 2.45) is 0 Å². The van der Waals surface area contributed by atoms with Crippen LogP contribution in [0.3, 0.4) is 0 Å². The van der Waals surface area contributed by atoms with E-state index < -0.39 is 9.96 Å². The first kappa shape index (κ1) is 20.7. The summed E-state index contributed by atoms with van der Waals surface area (Å²) in [5.41, 5.74) is 0.703. The van der Waals surface area contributed by atoms with Crippen LogP contribution in [0, 0.1) is 0 Å². The van der Waals surface area contributed by atoms with Crippen LogP contribution in [-0.4, -0.2) is 15.9 Å². The van der Waals surface area contributed by atoms with Crippen molar-refractivity contribution in [1.82, 2.24) is 5.32 Å². The van der Waals surface area contributed by atoms with Crippen molar-refractivity contribution in [3.05, 3.63) is 29.3 Å². The van der Waals surface area contributed by atoms with Gasteiger partial charge in [-0.05, 0) is 30.7 Å². The molecular weight excluding hydrogens is 378 g/mol. The number of carbonyl (C=O) groups excluding carboxylic acids is 1. The Balaban J connectivity index is 2.51. The third kappa shape index (κ3) is 8.90. The topological polar surface area (TPSA) is 41.1 Å². The van der Waals surface area contributed by atoms with Crippen LogP contribution in [0.2, 0.25) is 5.02 Å². The maximum Gasteiger partial charge on any atom is 0.228 e. The van der Waals surface area contributed by atoms with E-state index in [4.69, 9.17) is 46.4 Å². The third-order valence-electron chi connectivity index (χ3n) is 3.30. The molecule has 130 valence electrons. The summed E-state index contributed by atoms with van der Waals surface area (Å²) in [4.78, 5) is 12.0. The molecule has 0 saturated heterocycles. The summed E-state index contributed by atoms with van der Waals surface area (Å²) >= 11 is 23.7. The summed E-state index contributed by atoms with van der Waals surface area (Å²) in [5, 5.41) is 6.34. The summed E-state index contributed by atoms with van der Waals surface area (Å²) in [6, 6.07) is 6.94. The smallest absolute Gasteiger partial charge is 0.228 e. The van der Waals surface area contributed by atoms with E-state index in [2.05, 4.69) is 17.6 Å². The van der Waals surface area contributed by atoms with Gasteiger partial charge in [0.25, 0.3) is 0 Å². The summed E-state index contributed by atoms with van der Waals surface area (Å²) in [5.74, 6) is -0.140. The Hall–Kier alpha value is -0.350. The highest BCUT2D eigenvalue weighted by atomic mass is 35.6. The number of rotatable bonds is 9. The lowest BCUT2D eigenvalue weighted by Gasteiger charge is -2.27. The van der Waals surface area contributed by atoms with Gasteiger partial charge in [-0.3, -0.25) is 4.79 Å². The van der Waals surface area contributed by atoms with Gasteiger partial charge in [0, 0.05) is 17.1 Å². The van der Waals surface area contributed by atoms with E-state index in [1.54, 1.807) is 24.3 Å².